The quantitative estimate of drug-likeness (QED) is 0.538. The molecule has 0 N–H and O–H groups in total. The molecule has 0 fully saturated rings. The van der Waals surface area contributed by atoms with E-state index in [0.717, 1.165) is 0 Å². The van der Waals surface area contributed by atoms with E-state index in [1.165, 1.54) is 0 Å². The first-order valence-electron chi connectivity index (χ1n) is 4.51. The number of nitrogens with zero attached hydrogens (tertiary/aromatic N) is 3. The molecule has 0 aromatic rings. The fraction of sp³-hybridized carbons (Fsp3) is 0.667. The fourth-order valence-electron chi connectivity index (χ4n) is 0.457. The Labute approximate surface area is 94.3 Å². The first-order chi connectivity index (χ1) is 6.97. The molecule has 0 unspecified atom stereocenters. The number of halogens is 1. The van der Waals surface area contributed by atoms with Crippen LogP contribution in [0.4, 0.5) is 0 Å². The molecule has 0 aromatic carbocycles. The lowest BCUT2D eigenvalue weighted by Gasteiger charge is -2.03. The molecule has 84 valence electrons. The molecule has 0 saturated carbocycles. The highest BCUT2D eigenvalue weighted by Crippen LogP contribution is 1.98. The monoisotopic (exact) mass is 231 g/mol. The third-order valence-electron chi connectivity index (χ3n) is 1.000. The van der Waals surface area contributed by atoms with Crippen LogP contribution in [0.3, 0.4) is 0 Å². The van der Waals surface area contributed by atoms with E-state index in [1.807, 2.05) is 0 Å². The summed E-state index contributed by atoms with van der Waals surface area (Å²) in [6, 6.07) is 1.76. The lowest BCUT2D eigenvalue weighted by atomic mass is 10.4. The number of rotatable bonds is 5. The van der Waals surface area contributed by atoms with E-state index in [9.17, 15) is 0 Å². The maximum Gasteiger partial charge on any atom is 0.220 e. The standard InChI is InChI=1S/C9H14ClN3O2/c1-6(2)14-12-8(5-11)9(10)13-15-7(3)4/h6-7H,1-4H3/b12-8+,13-9-. The van der Waals surface area contributed by atoms with Gasteiger partial charge in [0, 0.05) is 0 Å². The van der Waals surface area contributed by atoms with Gasteiger partial charge in [0.05, 0.1) is 0 Å². The summed E-state index contributed by atoms with van der Waals surface area (Å²) in [4.78, 5) is 9.73. The summed E-state index contributed by atoms with van der Waals surface area (Å²) in [5.74, 6) is 0. The van der Waals surface area contributed by atoms with E-state index >= 15 is 0 Å². The van der Waals surface area contributed by atoms with Crippen molar-refractivity contribution in [1.82, 2.24) is 0 Å². The molecule has 0 aliphatic rings. The highest BCUT2D eigenvalue weighted by atomic mass is 35.5. The molecule has 0 spiro atoms. The van der Waals surface area contributed by atoms with Crippen LogP contribution in [-0.2, 0) is 9.68 Å². The molecule has 0 atom stereocenters. The SMILES string of the molecule is CC(C)O/N=C(Cl)/C(C#N)=N/OC(C)C. The van der Waals surface area contributed by atoms with Crippen molar-refractivity contribution < 1.29 is 9.68 Å². The number of nitriles is 1. The average molecular weight is 232 g/mol. The normalized spacial score (nSPS) is 12.9. The molecule has 15 heavy (non-hydrogen) atoms. The van der Waals surface area contributed by atoms with Gasteiger partial charge in [0.2, 0.25) is 10.9 Å². The predicted molar refractivity (Wildman–Crippen MR) is 58.8 cm³/mol. The zero-order valence-corrected chi connectivity index (χ0v) is 9.95. The van der Waals surface area contributed by atoms with Crippen molar-refractivity contribution in [3.05, 3.63) is 0 Å². The van der Waals surface area contributed by atoms with Gasteiger partial charge in [-0.2, -0.15) is 5.26 Å². The molecule has 0 aliphatic carbocycles. The second-order valence-corrected chi connectivity index (χ2v) is 3.60. The summed E-state index contributed by atoms with van der Waals surface area (Å²) < 4.78 is 0. The van der Waals surface area contributed by atoms with Crippen molar-refractivity contribution in [3.63, 3.8) is 0 Å². The van der Waals surface area contributed by atoms with Crippen molar-refractivity contribution in [2.75, 3.05) is 0 Å². The molecule has 6 heteroatoms. The van der Waals surface area contributed by atoms with E-state index in [-0.39, 0.29) is 23.1 Å². The molecule has 0 saturated heterocycles. The van der Waals surface area contributed by atoms with Crippen LogP contribution in [0.2, 0.25) is 0 Å². The van der Waals surface area contributed by atoms with Crippen LogP contribution >= 0.6 is 11.6 Å². The second kappa shape index (κ2) is 7.07. The average Bonchev–Trinajstić information content (AvgIpc) is 2.15. The summed E-state index contributed by atoms with van der Waals surface area (Å²) in [6.07, 6.45) is -0.228. The Morgan fingerprint density at radius 1 is 1.13 bits per heavy atom. The Kier molecular flexibility index (Phi) is 6.47. The lowest BCUT2D eigenvalue weighted by molar-refractivity contribution is 0.0839. The van der Waals surface area contributed by atoms with Crippen molar-refractivity contribution in [2.45, 2.75) is 39.9 Å². The maximum atomic E-state index is 8.69. The highest BCUT2D eigenvalue weighted by Gasteiger charge is 2.08. The van der Waals surface area contributed by atoms with Crippen LogP contribution in [0, 0.1) is 11.3 Å². The Bertz CT molecular complexity index is 292. The van der Waals surface area contributed by atoms with Crippen LogP contribution < -0.4 is 0 Å². The summed E-state index contributed by atoms with van der Waals surface area (Å²) in [5, 5.41) is 15.6. The molecule has 0 amide bonds. The minimum Gasteiger partial charge on any atom is -0.392 e. The van der Waals surface area contributed by atoms with Crippen molar-refractivity contribution >= 4 is 22.5 Å². The highest BCUT2D eigenvalue weighted by molar-refractivity contribution is 6.85. The minimum absolute atomic E-state index is 0.106. The molecule has 0 bridgehead atoms. The van der Waals surface area contributed by atoms with Gasteiger partial charge in [-0.15, -0.1) is 0 Å². The van der Waals surface area contributed by atoms with Gasteiger partial charge in [-0.05, 0) is 27.7 Å². The van der Waals surface area contributed by atoms with Gasteiger partial charge in [-0.25, -0.2) is 0 Å². The molecule has 5 nitrogen and oxygen atoms in total. The Morgan fingerprint density at radius 2 is 1.60 bits per heavy atom. The number of oxime groups is 2. The third-order valence-corrected chi connectivity index (χ3v) is 1.25. The zero-order chi connectivity index (χ0) is 11.8. The zero-order valence-electron chi connectivity index (χ0n) is 9.19. The van der Waals surface area contributed by atoms with Gasteiger partial charge < -0.3 is 9.68 Å². The van der Waals surface area contributed by atoms with Gasteiger partial charge in [0.25, 0.3) is 0 Å². The molecule has 0 aromatic heterocycles. The van der Waals surface area contributed by atoms with Gasteiger partial charge in [-0.3, -0.25) is 0 Å². The van der Waals surface area contributed by atoms with Crippen LogP contribution in [-0.4, -0.2) is 23.1 Å². The second-order valence-electron chi connectivity index (χ2n) is 3.24. The summed E-state index contributed by atoms with van der Waals surface area (Å²) in [5.41, 5.74) is -0.106. The predicted octanol–water partition coefficient (Wildman–Crippen LogP) is 2.27. The number of hydrogen-bond donors (Lipinski definition) is 0. The van der Waals surface area contributed by atoms with E-state index in [0.29, 0.717) is 0 Å². The van der Waals surface area contributed by atoms with Gasteiger partial charge in [0.1, 0.15) is 18.3 Å². The Balaban J connectivity index is 4.48. The first kappa shape index (κ1) is 13.7. The van der Waals surface area contributed by atoms with Crippen LogP contribution in [0.1, 0.15) is 27.7 Å². The van der Waals surface area contributed by atoms with E-state index in [2.05, 4.69) is 10.3 Å². The van der Waals surface area contributed by atoms with Crippen molar-refractivity contribution in [1.29, 1.82) is 5.26 Å². The van der Waals surface area contributed by atoms with E-state index < -0.39 is 0 Å². The number of hydrogen-bond acceptors (Lipinski definition) is 5. The Hall–Kier alpha value is -1.28. The molecule has 0 radical (unpaired) electrons. The van der Waals surface area contributed by atoms with E-state index in [1.54, 1.807) is 33.8 Å². The molecule has 0 heterocycles. The fourth-order valence-corrected chi connectivity index (χ4v) is 0.574. The largest absolute Gasteiger partial charge is 0.392 e. The molecular formula is C9H14ClN3O2. The lowest BCUT2D eigenvalue weighted by Crippen LogP contribution is -2.10. The Morgan fingerprint density at radius 3 is 2.00 bits per heavy atom. The molecule has 0 aliphatic heterocycles. The van der Waals surface area contributed by atoms with Crippen molar-refractivity contribution in [2.24, 2.45) is 10.3 Å². The van der Waals surface area contributed by atoms with E-state index in [4.69, 9.17) is 26.5 Å². The summed E-state index contributed by atoms with van der Waals surface area (Å²) in [7, 11) is 0. The van der Waals surface area contributed by atoms with Gasteiger partial charge >= 0.3 is 0 Å². The minimum atomic E-state index is -0.121. The summed E-state index contributed by atoms with van der Waals surface area (Å²) >= 11 is 5.67. The summed E-state index contributed by atoms with van der Waals surface area (Å²) in [6.45, 7) is 7.16. The third kappa shape index (κ3) is 6.75. The van der Waals surface area contributed by atoms with Gasteiger partial charge in [-0.1, -0.05) is 21.9 Å². The molecular weight excluding hydrogens is 218 g/mol. The maximum absolute atomic E-state index is 8.69. The van der Waals surface area contributed by atoms with Crippen molar-refractivity contribution in [3.8, 4) is 6.07 Å². The molecule has 0 rings (SSSR count). The topological polar surface area (TPSA) is 67.0 Å². The smallest absolute Gasteiger partial charge is 0.220 e. The first-order valence-corrected chi connectivity index (χ1v) is 4.88. The van der Waals surface area contributed by atoms with Crippen LogP contribution in [0.5, 0.6) is 0 Å². The van der Waals surface area contributed by atoms with Crippen LogP contribution in [0.15, 0.2) is 10.3 Å². The van der Waals surface area contributed by atoms with Crippen LogP contribution in [0.25, 0.3) is 0 Å². The van der Waals surface area contributed by atoms with Gasteiger partial charge in [0.15, 0.2) is 0 Å².